The summed E-state index contributed by atoms with van der Waals surface area (Å²) in [5.41, 5.74) is 0.264. The molecule has 10 heteroatoms. The molecule has 1 aromatic carbocycles. The molecular formula is C16H13N3O5S2. The lowest BCUT2D eigenvalue weighted by Gasteiger charge is -2.10. The SMILES string of the molecule is COC(=O)c1sccc1S(=O)(=O)Nc1cccc(Oc2ncccn2)c1. The fraction of sp³-hybridized carbons (Fsp3) is 0.0625. The van der Waals surface area contributed by atoms with Gasteiger partial charge in [-0.3, -0.25) is 4.72 Å². The lowest BCUT2D eigenvalue weighted by molar-refractivity contribution is 0.0602. The second kappa shape index (κ2) is 7.50. The van der Waals surface area contributed by atoms with Gasteiger partial charge in [0.05, 0.1) is 12.8 Å². The Bertz CT molecular complexity index is 1020. The summed E-state index contributed by atoms with van der Waals surface area (Å²) in [4.78, 5) is 19.4. The van der Waals surface area contributed by atoms with Crippen LogP contribution >= 0.6 is 11.3 Å². The monoisotopic (exact) mass is 391 g/mol. The fourth-order valence-electron chi connectivity index (χ4n) is 2.03. The lowest BCUT2D eigenvalue weighted by Crippen LogP contribution is -2.15. The minimum atomic E-state index is -3.97. The highest BCUT2D eigenvalue weighted by molar-refractivity contribution is 7.93. The second-order valence-electron chi connectivity index (χ2n) is 4.87. The van der Waals surface area contributed by atoms with E-state index < -0.39 is 16.0 Å². The molecule has 0 amide bonds. The number of benzene rings is 1. The summed E-state index contributed by atoms with van der Waals surface area (Å²) in [6, 6.07) is 9.43. The average molecular weight is 391 g/mol. The maximum Gasteiger partial charge on any atom is 0.349 e. The highest BCUT2D eigenvalue weighted by atomic mass is 32.2. The van der Waals surface area contributed by atoms with Crippen molar-refractivity contribution in [3.05, 3.63) is 59.0 Å². The molecule has 1 N–H and O–H groups in total. The highest BCUT2D eigenvalue weighted by Gasteiger charge is 2.24. The summed E-state index contributed by atoms with van der Waals surface area (Å²) >= 11 is 0.990. The van der Waals surface area contributed by atoms with Gasteiger partial charge >= 0.3 is 12.0 Å². The smallest absolute Gasteiger partial charge is 0.349 e. The van der Waals surface area contributed by atoms with E-state index in [2.05, 4.69) is 19.4 Å². The number of nitrogens with one attached hydrogen (secondary N) is 1. The number of hydrogen-bond acceptors (Lipinski definition) is 8. The van der Waals surface area contributed by atoms with Crippen LogP contribution in [0.15, 0.2) is 59.1 Å². The molecule has 0 unspecified atom stereocenters. The molecule has 26 heavy (non-hydrogen) atoms. The number of sulfonamides is 1. The first-order chi connectivity index (χ1) is 12.5. The minimum Gasteiger partial charge on any atom is -0.465 e. The topological polar surface area (TPSA) is 107 Å². The van der Waals surface area contributed by atoms with Gasteiger partial charge in [0.2, 0.25) is 0 Å². The van der Waals surface area contributed by atoms with E-state index in [-0.39, 0.29) is 21.5 Å². The van der Waals surface area contributed by atoms with Gasteiger partial charge in [-0.2, -0.15) is 0 Å². The van der Waals surface area contributed by atoms with E-state index in [4.69, 9.17) is 4.74 Å². The first-order valence-electron chi connectivity index (χ1n) is 7.23. The number of anilines is 1. The first kappa shape index (κ1) is 17.8. The third kappa shape index (κ3) is 3.98. The van der Waals surface area contributed by atoms with Crippen molar-refractivity contribution in [1.82, 2.24) is 9.97 Å². The van der Waals surface area contributed by atoms with E-state index >= 15 is 0 Å². The van der Waals surface area contributed by atoms with Crippen molar-refractivity contribution in [3.63, 3.8) is 0 Å². The van der Waals surface area contributed by atoms with Crippen LogP contribution in [0.5, 0.6) is 11.8 Å². The molecule has 3 rings (SSSR count). The zero-order valence-corrected chi connectivity index (χ0v) is 15.1. The largest absolute Gasteiger partial charge is 0.465 e. The summed E-state index contributed by atoms with van der Waals surface area (Å²) in [5, 5.41) is 1.51. The number of carbonyl (C=O) groups is 1. The zero-order chi connectivity index (χ0) is 18.6. The van der Waals surface area contributed by atoms with Crippen LogP contribution in [-0.2, 0) is 14.8 Å². The van der Waals surface area contributed by atoms with Gasteiger partial charge in [-0.25, -0.2) is 23.2 Å². The predicted molar refractivity (Wildman–Crippen MR) is 95.0 cm³/mol. The van der Waals surface area contributed by atoms with E-state index in [9.17, 15) is 13.2 Å². The average Bonchev–Trinajstić information content (AvgIpc) is 3.13. The van der Waals surface area contributed by atoms with E-state index in [0.29, 0.717) is 5.75 Å². The Hall–Kier alpha value is -2.98. The molecule has 0 aliphatic rings. The Kier molecular flexibility index (Phi) is 5.14. The number of methoxy groups -OCH3 is 1. The summed E-state index contributed by atoms with van der Waals surface area (Å²) < 4.78 is 37.7. The van der Waals surface area contributed by atoms with E-state index in [1.165, 1.54) is 37.0 Å². The fourth-order valence-corrected chi connectivity index (χ4v) is 4.41. The molecule has 134 valence electrons. The molecule has 2 aromatic heterocycles. The number of ether oxygens (including phenoxy) is 2. The molecule has 0 saturated carbocycles. The Balaban J connectivity index is 1.83. The number of nitrogens with zero attached hydrogens (tertiary/aromatic N) is 2. The third-order valence-electron chi connectivity index (χ3n) is 3.13. The van der Waals surface area contributed by atoms with Gasteiger partial charge in [0, 0.05) is 18.5 Å². The van der Waals surface area contributed by atoms with Crippen LogP contribution in [0.25, 0.3) is 0 Å². The van der Waals surface area contributed by atoms with Crippen LogP contribution in [0.3, 0.4) is 0 Å². The van der Waals surface area contributed by atoms with Crippen molar-refractivity contribution in [2.24, 2.45) is 0 Å². The molecule has 3 aromatic rings. The molecule has 0 aliphatic carbocycles. The van der Waals surface area contributed by atoms with Crippen molar-refractivity contribution in [3.8, 4) is 11.8 Å². The summed E-state index contributed by atoms with van der Waals surface area (Å²) in [6.07, 6.45) is 3.06. The first-order valence-corrected chi connectivity index (χ1v) is 9.59. The van der Waals surface area contributed by atoms with Gasteiger partial charge < -0.3 is 9.47 Å². The van der Waals surface area contributed by atoms with Gasteiger partial charge in [0.25, 0.3) is 10.0 Å². The van der Waals surface area contributed by atoms with Crippen molar-refractivity contribution in [2.45, 2.75) is 4.90 Å². The van der Waals surface area contributed by atoms with Crippen molar-refractivity contribution in [2.75, 3.05) is 11.8 Å². The van der Waals surface area contributed by atoms with Crippen LogP contribution in [0, 0.1) is 0 Å². The lowest BCUT2D eigenvalue weighted by atomic mass is 10.3. The number of esters is 1. The molecular weight excluding hydrogens is 378 g/mol. The normalized spacial score (nSPS) is 11.0. The molecule has 0 aliphatic heterocycles. The molecule has 0 spiro atoms. The Morgan fingerprint density at radius 2 is 1.92 bits per heavy atom. The van der Waals surface area contributed by atoms with Crippen LogP contribution in [0.4, 0.5) is 5.69 Å². The molecule has 0 radical (unpaired) electrons. The van der Waals surface area contributed by atoms with E-state index in [1.807, 2.05) is 0 Å². The molecule has 2 heterocycles. The van der Waals surface area contributed by atoms with Crippen LogP contribution in [0.1, 0.15) is 9.67 Å². The Morgan fingerprint density at radius 1 is 1.15 bits per heavy atom. The Morgan fingerprint density at radius 3 is 2.65 bits per heavy atom. The molecule has 0 fully saturated rings. The number of thiophene rings is 1. The van der Waals surface area contributed by atoms with Gasteiger partial charge in [-0.1, -0.05) is 6.07 Å². The highest BCUT2D eigenvalue weighted by Crippen LogP contribution is 2.27. The summed E-state index contributed by atoms with van der Waals surface area (Å²) in [5.74, 6) is -0.353. The van der Waals surface area contributed by atoms with Gasteiger partial charge in [-0.15, -0.1) is 11.3 Å². The van der Waals surface area contributed by atoms with Crippen LogP contribution in [0.2, 0.25) is 0 Å². The maximum absolute atomic E-state index is 12.6. The van der Waals surface area contributed by atoms with Gasteiger partial charge in [0.15, 0.2) is 0 Å². The molecule has 0 bridgehead atoms. The molecule has 0 saturated heterocycles. The number of hydrogen-bond donors (Lipinski definition) is 1. The number of aromatic nitrogens is 2. The van der Waals surface area contributed by atoms with Gasteiger partial charge in [-0.05, 0) is 29.6 Å². The van der Waals surface area contributed by atoms with Gasteiger partial charge in [0.1, 0.15) is 15.5 Å². The number of carbonyl (C=O) groups excluding carboxylic acids is 1. The quantitative estimate of drug-likeness (QED) is 0.644. The molecule has 8 nitrogen and oxygen atoms in total. The standard InChI is InChI=1S/C16H13N3O5S2/c1-23-15(20)14-13(6-9-25-14)26(21,22)19-11-4-2-5-12(10-11)24-16-17-7-3-8-18-16/h2-10,19H,1H3. The van der Waals surface area contributed by atoms with E-state index in [1.54, 1.807) is 24.3 Å². The molecule has 0 atom stereocenters. The summed E-state index contributed by atoms with van der Waals surface area (Å²) in [6.45, 7) is 0. The predicted octanol–water partition coefficient (Wildman–Crippen LogP) is 2.92. The zero-order valence-electron chi connectivity index (χ0n) is 13.4. The Labute approximate surface area is 153 Å². The van der Waals surface area contributed by atoms with Crippen molar-refractivity contribution < 1.29 is 22.7 Å². The second-order valence-corrected chi connectivity index (χ2v) is 7.44. The van der Waals surface area contributed by atoms with Crippen molar-refractivity contribution >= 4 is 33.0 Å². The minimum absolute atomic E-state index is 0.00471. The van der Waals surface area contributed by atoms with Crippen LogP contribution in [-0.4, -0.2) is 31.5 Å². The van der Waals surface area contributed by atoms with Crippen molar-refractivity contribution in [1.29, 1.82) is 0 Å². The third-order valence-corrected chi connectivity index (χ3v) is 5.57. The maximum atomic E-state index is 12.6. The van der Waals surface area contributed by atoms with E-state index in [0.717, 1.165) is 11.3 Å². The summed E-state index contributed by atoms with van der Waals surface area (Å²) in [7, 11) is -2.78. The van der Waals surface area contributed by atoms with Crippen LogP contribution < -0.4 is 9.46 Å². The number of rotatable bonds is 6.